The molecule has 1 fully saturated rings. The largest absolute Gasteiger partial charge is 0.495 e. The second kappa shape index (κ2) is 11.2. The van der Waals surface area contributed by atoms with Gasteiger partial charge < -0.3 is 30.1 Å². The predicted octanol–water partition coefficient (Wildman–Crippen LogP) is 2.91. The van der Waals surface area contributed by atoms with Crippen molar-refractivity contribution in [1.29, 1.82) is 0 Å². The molecule has 1 saturated heterocycles. The van der Waals surface area contributed by atoms with Crippen LogP contribution in [0.3, 0.4) is 0 Å². The molecule has 37 heavy (non-hydrogen) atoms. The third kappa shape index (κ3) is 5.41. The van der Waals surface area contributed by atoms with Crippen molar-refractivity contribution in [2.75, 3.05) is 39.2 Å². The van der Waals surface area contributed by atoms with Gasteiger partial charge in [-0.05, 0) is 23.8 Å². The Kier molecular flexibility index (Phi) is 8.01. The molecule has 0 bridgehead atoms. The molecule has 194 valence electrons. The summed E-state index contributed by atoms with van der Waals surface area (Å²) in [5, 5.41) is 16.7. The summed E-state index contributed by atoms with van der Waals surface area (Å²) < 4.78 is 10.7. The van der Waals surface area contributed by atoms with E-state index in [1.807, 2.05) is 18.2 Å². The minimum absolute atomic E-state index is 0.235. The number of aliphatic hydroxyl groups is 1. The highest BCUT2D eigenvalue weighted by Crippen LogP contribution is 2.46. The van der Waals surface area contributed by atoms with Crippen molar-refractivity contribution < 1.29 is 24.2 Å². The van der Waals surface area contributed by atoms with Gasteiger partial charge >= 0.3 is 0 Å². The van der Waals surface area contributed by atoms with Crippen LogP contribution >= 0.6 is 23.2 Å². The highest BCUT2D eigenvalue weighted by atomic mass is 35.5. The Morgan fingerprint density at radius 3 is 2.46 bits per heavy atom. The second-order valence-corrected chi connectivity index (χ2v) is 9.03. The highest BCUT2D eigenvalue weighted by Gasteiger charge is 2.36. The number of carbonyl (C=O) groups is 2. The van der Waals surface area contributed by atoms with Gasteiger partial charge in [0.15, 0.2) is 0 Å². The fraction of sp³-hybridized carbons (Fsp3) is 0.280. The van der Waals surface area contributed by atoms with Crippen LogP contribution in [-0.4, -0.2) is 77.8 Å². The van der Waals surface area contributed by atoms with Gasteiger partial charge in [0.25, 0.3) is 0 Å². The van der Waals surface area contributed by atoms with Gasteiger partial charge in [0.05, 0.1) is 41.9 Å². The summed E-state index contributed by atoms with van der Waals surface area (Å²) in [6.07, 6.45) is 2.81. The fourth-order valence-corrected chi connectivity index (χ4v) is 4.92. The van der Waals surface area contributed by atoms with Gasteiger partial charge in [-0.25, -0.2) is 9.97 Å². The maximum Gasteiger partial charge on any atom is 0.248 e. The molecule has 0 spiro atoms. The molecular weight excluding hydrogens is 521 g/mol. The third-order valence-electron chi connectivity index (χ3n) is 6.08. The van der Waals surface area contributed by atoms with Crippen molar-refractivity contribution >= 4 is 51.9 Å². The first kappa shape index (κ1) is 26.5. The normalized spacial score (nSPS) is 16.9. The Bertz CT molecular complexity index is 1340. The number of ether oxygens (including phenoxy) is 2. The number of likely N-dealkylation sites (tertiary alicyclic amines) is 1. The Labute approximate surface area is 223 Å². The van der Waals surface area contributed by atoms with Gasteiger partial charge in [0.1, 0.15) is 18.1 Å². The minimum atomic E-state index is -0.614. The number of rotatable bonds is 8. The fourth-order valence-electron chi connectivity index (χ4n) is 4.20. The topological polar surface area (TPSA) is 126 Å². The molecule has 12 heteroatoms. The summed E-state index contributed by atoms with van der Waals surface area (Å²) in [6.45, 7) is 3.35. The lowest BCUT2D eigenvalue weighted by Gasteiger charge is -2.20. The van der Waals surface area contributed by atoms with Crippen molar-refractivity contribution in [1.82, 2.24) is 20.2 Å². The van der Waals surface area contributed by atoms with E-state index in [0.29, 0.717) is 38.6 Å². The molecule has 10 nitrogen and oxygen atoms in total. The average Bonchev–Trinajstić information content (AvgIpc) is 3.30. The van der Waals surface area contributed by atoms with Crippen molar-refractivity contribution in [3.05, 3.63) is 53.2 Å². The second-order valence-electron chi connectivity index (χ2n) is 8.28. The Hall–Kier alpha value is -3.60. The SMILES string of the molecule is C=CC(=O)N[C@H]1CN(C(=O)CO)C[C@H]1Nc1ncc2cc(-c3c(Cl)c(OC)cc(OC)c3Cl)ccc2n1. The van der Waals surface area contributed by atoms with Crippen molar-refractivity contribution in [2.45, 2.75) is 12.1 Å². The van der Waals surface area contributed by atoms with E-state index in [1.165, 1.54) is 19.1 Å². The maximum absolute atomic E-state index is 12.0. The molecule has 0 aliphatic carbocycles. The van der Waals surface area contributed by atoms with Gasteiger partial charge in [-0.2, -0.15) is 0 Å². The lowest BCUT2D eigenvalue weighted by molar-refractivity contribution is -0.133. The van der Waals surface area contributed by atoms with Gasteiger partial charge in [-0.3, -0.25) is 9.59 Å². The van der Waals surface area contributed by atoms with Crippen molar-refractivity contribution in [2.24, 2.45) is 0 Å². The van der Waals surface area contributed by atoms with Crippen molar-refractivity contribution in [3.8, 4) is 22.6 Å². The Morgan fingerprint density at radius 1 is 1.16 bits per heavy atom. The van der Waals surface area contributed by atoms with Gasteiger partial charge in [-0.15, -0.1) is 0 Å². The summed E-state index contributed by atoms with van der Waals surface area (Å²) in [5.74, 6) is 0.379. The number of carbonyl (C=O) groups excluding carboxylic acids is 2. The molecule has 4 rings (SSSR count). The molecule has 0 unspecified atom stereocenters. The molecule has 2 heterocycles. The molecular formula is C25H25Cl2N5O5. The number of nitrogens with one attached hydrogen (secondary N) is 2. The van der Waals surface area contributed by atoms with Gasteiger partial charge in [0, 0.05) is 36.3 Å². The van der Waals surface area contributed by atoms with Gasteiger partial charge in [0.2, 0.25) is 17.8 Å². The van der Waals surface area contributed by atoms with E-state index in [0.717, 1.165) is 17.0 Å². The van der Waals surface area contributed by atoms with E-state index in [4.69, 9.17) is 32.7 Å². The van der Waals surface area contributed by atoms with Crippen LogP contribution in [0.2, 0.25) is 10.0 Å². The van der Waals surface area contributed by atoms with Crippen LogP contribution in [0.25, 0.3) is 22.0 Å². The number of hydrogen-bond acceptors (Lipinski definition) is 8. The molecule has 1 aromatic heterocycles. The molecule has 3 aromatic rings. The van der Waals surface area contributed by atoms with Crippen molar-refractivity contribution in [3.63, 3.8) is 0 Å². The summed E-state index contributed by atoms with van der Waals surface area (Å²) >= 11 is 13.1. The van der Waals surface area contributed by atoms with E-state index in [2.05, 4.69) is 27.2 Å². The molecule has 1 aliphatic rings. The van der Waals surface area contributed by atoms with Crippen LogP contribution in [0.15, 0.2) is 43.1 Å². The molecule has 3 N–H and O–H groups in total. The number of anilines is 1. The maximum atomic E-state index is 12.0. The summed E-state index contributed by atoms with van der Waals surface area (Å²) in [6, 6.07) is 6.32. The number of amides is 2. The smallest absolute Gasteiger partial charge is 0.248 e. The van der Waals surface area contributed by atoms with Crippen LogP contribution in [0, 0.1) is 0 Å². The monoisotopic (exact) mass is 545 g/mol. The zero-order chi connectivity index (χ0) is 26.7. The quantitative estimate of drug-likeness (QED) is 0.369. The molecule has 2 atom stereocenters. The van der Waals surface area contributed by atoms with Crippen LogP contribution in [0.1, 0.15) is 0 Å². The first-order valence-electron chi connectivity index (χ1n) is 11.2. The number of nitrogens with zero attached hydrogens (tertiary/aromatic N) is 3. The van der Waals surface area contributed by atoms with Crippen LogP contribution < -0.4 is 20.1 Å². The minimum Gasteiger partial charge on any atom is -0.495 e. The van der Waals surface area contributed by atoms with E-state index >= 15 is 0 Å². The van der Waals surface area contributed by atoms with Crippen LogP contribution in [0.5, 0.6) is 11.5 Å². The number of fused-ring (bicyclic) bond motifs is 1. The lowest BCUT2D eigenvalue weighted by atomic mass is 10.0. The molecule has 2 amide bonds. The number of halogens is 2. The third-order valence-corrected chi connectivity index (χ3v) is 6.83. The zero-order valence-electron chi connectivity index (χ0n) is 20.1. The molecule has 1 aliphatic heterocycles. The zero-order valence-corrected chi connectivity index (χ0v) is 21.6. The molecule has 0 saturated carbocycles. The number of hydrogen-bond donors (Lipinski definition) is 3. The Morgan fingerprint density at radius 2 is 1.84 bits per heavy atom. The highest BCUT2D eigenvalue weighted by molar-refractivity contribution is 6.41. The summed E-state index contributed by atoms with van der Waals surface area (Å²) in [5.41, 5.74) is 1.94. The van der Waals surface area contributed by atoms with E-state index < -0.39 is 18.6 Å². The standard InChI is InChI=1S/C25H25Cl2N5O5/c1-4-20(34)29-16-10-32(21(35)12-33)11-17(16)31-25-28-9-14-7-13(5-6-15(14)30-25)22-23(26)18(36-2)8-19(37-3)24(22)27/h4-9,16-17,33H,1,10-12H2,2-3H3,(H,29,34)(H,28,30,31)/t16-,17+/m0/s1. The number of benzene rings is 2. The molecule has 0 radical (unpaired) electrons. The van der Waals surface area contributed by atoms with E-state index in [9.17, 15) is 14.7 Å². The molecule has 2 aromatic carbocycles. The first-order chi connectivity index (χ1) is 17.8. The number of methoxy groups -OCH3 is 2. The summed E-state index contributed by atoms with van der Waals surface area (Å²) in [7, 11) is 3.02. The number of aliphatic hydroxyl groups excluding tert-OH is 1. The number of aromatic nitrogens is 2. The van der Waals surface area contributed by atoms with E-state index in [1.54, 1.807) is 12.3 Å². The summed E-state index contributed by atoms with van der Waals surface area (Å²) in [4.78, 5) is 34.4. The van der Waals surface area contributed by atoms with Crippen LogP contribution in [-0.2, 0) is 9.59 Å². The van der Waals surface area contributed by atoms with Crippen LogP contribution in [0.4, 0.5) is 5.95 Å². The Balaban J connectivity index is 1.63. The lowest BCUT2D eigenvalue weighted by Crippen LogP contribution is -2.45. The average molecular weight is 546 g/mol. The first-order valence-corrected chi connectivity index (χ1v) is 12.0. The van der Waals surface area contributed by atoms with E-state index in [-0.39, 0.29) is 25.0 Å². The van der Waals surface area contributed by atoms with Gasteiger partial charge in [-0.1, -0.05) is 35.8 Å². The predicted molar refractivity (Wildman–Crippen MR) is 141 cm³/mol.